The van der Waals surface area contributed by atoms with Crippen LogP contribution >= 0.6 is 0 Å². The van der Waals surface area contributed by atoms with Crippen molar-refractivity contribution in [3.8, 4) is 0 Å². The van der Waals surface area contributed by atoms with Gasteiger partial charge in [0.15, 0.2) is 0 Å². The van der Waals surface area contributed by atoms with Crippen LogP contribution in [0, 0.1) is 11.8 Å². The van der Waals surface area contributed by atoms with Crippen molar-refractivity contribution in [3.05, 3.63) is 24.2 Å². The Kier molecular flexibility index (Phi) is 8.06. The Labute approximate surface area is 93.5 Å². The summed E-state index contributed by atoms with van der Waals surface area (Å²) in [5.74, 6) is 0.872. The van der Waals surface area contributed by atoms with Gasteiger partial charge in [0.05, 0.1) is 5.83 Å². The number of hydrogen-bond donors (Lipinski definition) is 1. The first-order chi connectivity index (χ1) is 7.11. The van der Waals surface area contributed by atoms with E-state index in [4.69, 9.17) is 0 Å². The number of nitrogens with one attached hydrogen (secondary N) is 1. The highest BCUT2D eigenvalue weighted by Crippen LogP contribution is 2.20. The predicted molar refractivity (Wildman–Crippen MR) is 65.2 cm³/mol. The van der Waals surface area contributed by atoms with Crippen LogP contribution in [-0.4, -0.2) is 7.05 Å². The minimum absolute atomic E-state index is 0.0140. The number of hydrogen-bond acceptors (Lipinski definition) is 1. The van der Waals surface area contributed by atoms with Gasteiger partial charge in [-0.25, -0.2) is 4.39 Å². The molecule has 0 fully saturated rings. The van der Waals surface area contributed by atoms with E-state index in [-0.39, 0.29) is 5.83 Å². The summed E-state index contributed by atoms with van der Waals surface area (Å²) in [5, 5.41) is 2.96. The fourth-order valence-corrected chi connectivity index (χ4v) is 1.39. The van der Waals surface area contributed by atoms with Crippen LogP contribution in [0.4, 0.5) is 4.39 Å². The zero-order valence-electron chi connectivity index (χ0n) is 10.4. The highest BCUT2D eigenvalue weighted by molar-refractivity contribution is 4.95. The molecular formula is C13H24FN. The molecule has 0 rings (SSSR count). The molecule has 15 heavy (non-hydrogen) atoms. The monoisotopic (exact) mass is 213 g/mol. The van der Waals surface area contributed by atoms with Gasteiger partial charge in [0.25, 0.3) is 0 Å². The number of halogens is 1. The fourth-order valence-electron chi connectivity index (χ4n) is 1.39. The first-order valence-electron chi connectivity index (χ1n) is 5.80. The molecule has 0 bridgehead atoms. The van der Waals surface area contributed by atoms with Crippen molar-refractivity contribution in [2.75, 3.05) is 7.05 Å². The Morgan fingerprint density at radius 2 is 2.07 bits per heavy atom. The van der Waals surface area contributed by atoms with Crippen LogP contribution < -0.4 is 5.32 Å². The zero-order valence-corrected chi connectivity index (χ0v) is 10.4. The van der Waals surface area contributed by atoms with Crippen molar-refractivity contribution >= 4 is 0 Å². The van der Waals surface area contributed by atoms with Crippen molar-refractivity contribution in [1.82, 2.24) is 5.32 Å². The summed E-state index contributed by atoms with van der Waals surface area (Å²) in [4.78, 5) is 0. The Balaban J connectivity index is 3.88. The molecule has 0 aromatic carbocycles. The summed E-state index contributed by atoms with van der Waals surface area (Å²) in [6, 6.07) is 0. The fraction of sp³-hybridized carbons (Fsp3) is 0.692. The molecule has 0 aromatic heterocycles. The molecule has 0 amide bonds. The molecule has 1 nitrogen and oxygen atoms in total. The molecule has 0 aliphatic rings. The molecule has 0 saturated carbocycles. The van der Waals surface area contributed by atoms with Gasteiger partial charge in [0, 0.05) is 7.05 Å². The molecule has 0 aliphatic carbocycles. The van der Waals surface area contributed by atoms with Crippen molar-refractivity contribution in [3.63, 3.8) is 0 Å². The quantitative estimate of drug-likeness (QED) is 0.673. The van der Waals surface area contributed by atoms with Gasteiger partial charge in [-0.2, -0.15) is 0 Å². The lowest BCUT2D eigenvalue weighted by Gasteiger charge is -2.15. The van der Waals surface area contributed by atoms with E-state index in [2.05, 4.69) is 25.2 Å². The smallest absolute Gasteiger partial charge is 0.0959 e. The van der Waals surface area contributed by atoms with E-state index < -0.39 is 0 Å². The van der Waals surface area contributed by atoms with Crippen molar-refractivity contribution in [2.24, 2.45) is 11.8 Å². The topological polar surface area (TPSA) is 12.0 Å². The maximum absolute atomic E-state index is 13.0. The second-order valence-corrected chi connectivity index (χ2v) is 4.07. The lowest BCUT2D eigenvalue weighted by Crippen LogP contribution is -2.05. The van der Waals surface area contributed by atoms with Crippen LogP contribution in [0.1, 0.15) is 40.0 Å². The lowest BCUT2D eigenvalue weighted by atomic mass is 9.91. The van der Waals surface area contributed by atoms with Gasteiger partial charge in [-0.1, -0.05) is 26.8 Å². The molecule has 0 heterocycles. The van der Waals surface area contributed by atoms with Crippen molar-refractivity contribution < 1.29 is 4.39 Å². The summed E-state index contributed by atoms with van der Waals surface area (Å²) in [5.41, 5.74) is 0. The van der Waals surface area contributed by atoms with Gasteiger partial charge in [0.1, 0.15) is 0 Å². The standard InChI is InChI=1S/C13H24FN/c1-5-13(14)10-12(3)11(2)8-6-7-9-15-4/h7,9-12,15H,5-6,8H2,1-4H3/b9-7-,13-10+/t11?,12-/m1/s1. The van der Waals surface area contributed by atoms with Crippen molar-refractivity contribution in [2.45, 2.75) is 40.0 Å². The van der Waals surface area contributed by atoms with Crippen LogP contribution in [-0.2, 0) is 0 Å². The van der Waals surface area contributed by atoms with Gasteiger partial charge in [-0.05, 0) is 43.4 Å². The van der Waals surface area contributed by atoms with Gasteiger partial charge >= 0.3 is 0 Å². The normalized spacial score (nSPS) is 16.7. The average Bonchev–Trinajstić information content (AvgIpc) is 2.23. The molecule has 0 spiro atoms. The van der Waals surface area contributed by atoms with E-state index in [1.807, 2.05) is 20.2 Å². The van der Waals surface area contributed by atoms with Gasteiger partial charge in [-0.3, -0.25) is 0 Å². The molecule has 1 unspecified atom stereocenters. The van der Waals surface area contributed by atoms with Crippen LogP contribution in [0.25, 0.3) is 0 Å². The third-order valence-electron chi connectivity index (χ3n) is 2.75. The predicted octanol–water partition coefficient (Wildman–Crippen LogP) is 4.04. The number of allylic oxidation sites excluding steroid dienone is 3. The average molecular weight is 213 g/mol. The maximum atomic E-state index is 13.0. The molecular weight excluding hydrogens is 189 g/mol. The molecule has 2 heteroatoms. The Hall–Kier alpha value is -0.790. The van der Waals surface area contributed by atoms with Crippen LogP contribution in [0.2, 0.25) is 0 Å². The highest BCUT2D eigenvalue weighted by Gasteiger charge is 2.09. The Morgan fingerprint density at radius 1 is 1.40 bits per heavy atom. The van der Waals surface area contributed by atoms with Crippen LogP contribution in [0.15, 0.2) is 24.2 Å². The van der Waals surface area contributed by atoms with E-state index in [1.165, 1.54) is 0 Å². The van der Waals surface area contributed by atoms with Gasteiger partial charge in [-0.15, -0.1) is 0 Å². The van der Waals surface area contributed by atoms with Crippen LogP contribution in [0.3, 0.4) is 0 Å². The maximum Gasteiger partial charge on any atom is 0.0959 e. The Morgan fingerprint density at radius 3 is 2.60 bits per heavy atom. The minimum Gasteiger partial charge on any atom is -0.394 e. The van der Waals surface area contributed by atoms with Gasteiger partial charge in [0.2, 0.25) is 0 Å². The van der Waals surface area contributed by atoms with Crippen LogP contribution in [0.5, 0.6) is 0 Å². The summed E-state index contributed by atoms with van der Waals surface area (Å²) in [6.45, 7) is 6.11. The third-order valence-corrected chi connectivity index (χ3v) is 2.75. The molecule has 0 radical (unpaired) electrons. The zero-order chi connectivity index (χ0) is 11.7. The SMILES string of the molecule is CC/C(F)=C\[C@@H](C)C(C)CC/C=C\NC. The van der Waals surface area contributed by atoms with E-state index in [0.717, 1.165) is 12.8 Å². The molecule has 0 saturated heterocycles. The second-order valence-electron chi connectivity index (χ2n) is 4.07. The summed E-state index contributed by atoms with van der Waals surface area (Å²) in [7, 11) is 1.89. The van der Waals surface area contributed by atoms with E-state index >= 15 is 0 Å². The van der Waals surface area contributed by atoms with E-state index in [9.17, 15) is 4.39 Å². The highest BCUT2D eigenvalue weighted by atomic mass is 19.1. The molecule has 2 atom stereocenters. The molecule has 0 aromatic rings. The first-order valence-corrected chi connectivity index (χ1v) is 5.80. The Bertz CT molecular complexity index is 209. The summed E-state index contributed by atoms with van der Waals surface area (Å²) < 4.78 is 13.0. The van der Waals surface area contributed by atoms with E-state index in [0.29, 0.717) is 18.3 Å². The second kappa shape index (κ2) is 8.51. The lowest BCUT2D eigenvalue weighted by molar-refractivity contribution is 0.421. The summed E-state index contributed by atoms with van der Waals surface area (Å²) >= 11 is 0. The summed E-state index contributed by atoms with van der Waals surface area (Å²) in [6.07, 6.45) is 8.48. The third kappa shape index (κ3) is 7.18. The van der Waals surface area contributed by atoms with Crippen molar-refractivity contribution in [1.29, 1.82) is 0 Å². The first kappa shape index (κ1) is 14.2. The molecule has 88 valence electrons. The number of rotatable bonds is 7. The van der Waals surface area contributed by atoms with E-state index in [1.54, 1.807) is 6.08 Å². The molecule has 0 aliphatic heterocycles. The largest absolute Gasteiger partial charge is 0.394 e. The molecule has 1 N–H and O–H groups in total. The van der Waals surface area contributed by atoms with Gasteiger partial charge < -0.3 is 5.32 Å². The minimum atomic E-state index is 0.0140.